The Morgan fingerprint density at radius 3 is 2.86 bits per heavy atom. The van der Waals surface area contributed by atoms with Gasteiger partial charge >= 0.3 is 11.9 Å². The van der Waals surface area contributed by atoms with E-state index in [4.69, 9.17) is 0 Å². The number of carbonyl (C=O) groups is 1. The van der Waals surface area contributed by atoms with Crippen molar-refractivity contribution in [2.45, 2.75) is 13.0 Å². The summed E-state index contributed by atoms with van der Waals surface area (Å²) in [6.45, 7) is 1.50. The number of methoxy groups -OCH3 is 1. The van der Waals surface area contributed by atoms with E-state index in [1.807, 2.05) is 0 Å². The zero-order chi connectivity index (χ0) is 10.7. The normalized spacial score (nSPS) is 12.1. The van der Waals surface area contributed by atoms with Gasteiger partial charge in [-0.3, -0.25) is 0 Å². The first-order valence-corrected chi connectivity index (χ1v) is 3.69. The summed E-state index contributed by atoms with van der Waals surface area (Å²) in [6.07, 6.45) is 1.11. The molecule has 0 spiro atoms. The molecule has 0 aliphatic heterocycles. The lowest BCUT2D eigenvalue weighted by Crippen LogP contribution is -2.18. The first-order chi connectivity index (χ1) is 6.56. The van der Waals surface area contributed by atoms with Crippen LogP contribution in [0.25, 0.3) is 0 Å². The van der Waals surface area contributed by atoms with E-state index < -0.39 is 22.9 Å². The average Bonchev–Trinajstić information content (AvgIpc) is 2.64. The highest BCUT2D eigenvalue weighted by Crippen LogP contribution is 2.08. The standard InChI is InChI=1S/C6H8N4O4/c1-4(5(11)14-2)9-3-7-6(8-9)10(12)13/h3-4H,1-2H3/t4-/m1/s1. The van der Waals surface area contributed by atoms with E-state index in [2.05, 4.69) is 14.8 Å². The van der Waals surface area contributed by atoms with Gasteiger partial charge in [0.15, 0.2) is 6.04 Å². The lowest BCUT2D eigenvalue weighted by Gasteiger charge is -2.04. The second-order valence-electron chi connectivity index (χ2n) is 2.48. The Balaban J connectivity index is 2.86. The second-order valence-corrected chi connectivity index (χ2v) is 2.48. The summed E-state index contributed by atoms with van der Waals surface area (Å²) in [5, 5.41) is 13.7. The van der Waals surface area contributed by atoms with E-state index in [1.54, 1.807) is 0 Å². The van der Waals surface area contributed by atoms with Crippen LogP contribution >= 0.6 is 0 Å². The molecule has 76 valence electrons. The molecule has 0 saturated heterocycles. The van der Waals surface area contributed by atoms with Crippen molar-refractivity contribution in [2.75, 3.05) is 7.11 Å². The Labute approximate surface area is 78.6 Å². The van der Waals surface area contributed by atoms with E-state index >= 15 is 0 Å². The maximum Gasteiger partial charge on any atom is 0.490 e. The van der Waals surface area contributed by atoms with E-state index in [1.165, 1.54) is 14.0 Å². The van der Waals surface area contributed by atoms with Crippen molar-refractivity contribution in [1.29, 1.82) is 0 Å². The van der Waals surface area contributed by atoms with Crippen LogP contribution in [0.1, 0.15) is 13.0 Å². The molecule has 0 bridgehead atoms. The SMILES string of the molecule is COC(=O)[C@@H](C)n1cnc([N+](=O)[O-])n1. The van der Waals surface area contributed by atoms with Gasteiger partial charge in [0.1, 0.15) is 0 Å². The van der Waals surface area contributed by atoms with Crippen LogP contribution < -0.4 is 0 Å². The third-order valence-corrected chi connectivity index (χ3v) is 1.60. The molecule has 0 radical (unpaired) electrons. The van der Waals surface area contributed by atoms with Crippen molar-refractivity contribution in [3.05, 3.63) is 16.4 Å². The highest BCUT2D eigenvalue weighted by Gasteiger charge is 2.22. The molecule has 0 fully saturated rings. The highest BCUT2D eigenvalue weighted by atomic mass is 16.6. The van der Waals surface area contributed by atoms with E-state index in [-0.39, 0.29) is 0 Å². The highest BCUT2D eigenvalue weighted by molar-refractivity contribution is 5.73. The van der Waals surface area contributed by atoms with Crippen LogP contribution in [0.4, 0.5) is 5.95 Å². The van der Waals surface area contributed by atoms with Crippen LogP contribution in [0.3, 0.4) is 0 Å². The third kappa shape index (κ3) is 1.84. The third-order valence-electron chi connectivity index (χ3n) is 1.60. The van der Waals surface area contributed by atoms with Crippen LogP contribution in [-0.4, -0.2) is 32.8 Å². The molecule has 1 aromatic rings. The number of rotatable bonds is 3. The summed E-state index contributed by atoms with van der Waals surface area (Å²) in [6, 6.07) is -0.721. The number of ether oxygens (including phenoxy) is 1. The lowest BCUT2D eigenvalue weighted by atomic mass is 10.4. The van der Waals surface area contributed by atoms with E-state index in [9.17, 15) is 14.9 Å². The van der Waals surface area contributed by atoms with Gasteiger partial charge in [-0.05, 0) is 11.8 Å². The van der Waals surface area contributed by atoms with Gasteiger partial charge in [0, 0.05) is 5.10 Å². The first-order valence-electron chi connectivity index (χ1n) is 3.69. The van der Waals surface area contributed by atoms with Crippen LogP contribution in [0.2, 0.25) is 0 Å². The van der Waals surface area contributed by atoms with Crippen LogP contribution in [-0.2, 0) is 9.53 Å². The quantitative estimate of drug-likeness (QED) is 0.384. The van der Waals surface area contributed by atoms with Crippen LogP contribution in [0.15, 0.2) is 6.33 Å². The predicted octanol–water partition coefficient (Wildman–Crippen LogP) is -0.0797. The fourth-order valence-corrected chi connectivity index (χ4v) is 0.815. The Kier molecular flexibility index (Phi) is 2.75. The van der Waals surface area contributed by atoms with Crippen molar-refractivity contribution in [3.8, 4) is 0 Å². The zero-order valence-electron chi connectivity index (χ0n) is 7.58. The van der Waals surface area contributed by atoms with Gasteiger partial charge in [-0.1, -0.05) is 4.98 Å². The lowest BCUT2D eigenvalue weighted by molar-refractivity contribution is -0.394. The number of esters is 1. The molecular weight excluding hydrogens is 192 g/mol. The number of hydrogen-bond acceptors (Lipinski definition) is 6. The minimum absolute atomic E-state index is 0.537. The molecule has 1 atom stereocenters. The molecule has 14 heavy (non-hydrogen) atoms. The van der Waals surface area contributed by atoms with Crippen LogP contribution in [0.5, 0.6) is 0 Å². The van der Waals surface area contributed by atoms with Gasteiger partial charge in [-0.2, -0.15) is 4.68 Å². The minimum Gasteiger partial charge on any atom is -0.467 e. The maximum atomic E-state index is 11.0. The van der Waals surface area contributed by atoms with E-state index in [0.29, 0.717) is 0 Å². The summed E-state index contributed by atoms with van der Waals surface area (Å²) in [7, 11) is 1.23. The molecule has 0 saturated carbocycles. The Bertz CT molecular complexity index is 360. The van der Waals surface area contributed by atoms with Gasteiger partial charge in [-0.25, -0.2) is 4.79 Å². The molecule has 8 nitrogen and oxygen atoms in total. The fourth-order valence-electron chi connectivity index (χ4n) is 0.815. The number of nitrogens with zero attached hydrogens (tertiary/aromatic N) is 4. The summed E-state index contributed by atoms with van der Waals surface area (Å²) >= 11 is 0. The van der Waals surface area contributed by atoms with E-state index in [0.717, 1.165) is 11.0 Å². The van der Waals surface area contributed by atoms with Crippen molar-refractivity contribution in [3.63, 3.8) is 0 Å². The number of nitro groups is 1. The van der Waals surface area contributed by atoms with Crippen molar-refractivity contribution in [2.24, 2.45) is 0 Å². The summed E-state index contributed by atoms with van der Waals surface area (Å²) < 4.78 is 5.51. The Morgan fingerprint density at radius 1 is 1.79 bits per heavy atom. The molecule has 1 heterocycles. The maximum absolute atomic E-state index is 11.0. The monoisotopic (exact) mass is 200 g/mol. The first kappa shape index (κ1) is 10.1. The van der Waals surface area contributed by atoms with Crippen molar-refractivity contribution in [1.82, 2.24) is 14.8 Å². The number of aromatic nitrogens is 3. The Morgan fingerprint density at radius 2 is 2.43 bits per heavy atom. The topological polar surface area (TPSA) is 100 Å². The molecule has 0 N–H and O–H groups in total. The Hall–Kier alpha value is -1.99. The summed E-state index contributed by atoms with van der Waals surface area (Å²) in [5.41, 5.74) is 0. The molecule has 1 rings (SSSR count). The number of carbonyl (C=O) groups excluding carboxylic acids is 1. The average molecular weight is 200 g/mol. The summed E-state index contributed by atoms with van der Waals surface area (Å²) in [5.74, 6) is -1.08. The molecule has 0 aromatic carbocycles. The zero-order valence-corrected chi connectivity index (χ0v) is 7.58. The molecule has 0 aliphatic rings. The summed E-state index contributed by atoms with van der Waals surface area (Å²) in [4.78, 5) is 23.9. The second kappa shape index (κ2) is 3.81. The molecule has 1 aromatic heterocycles. The van der Waals surface area contributed by atoms with Crippen LogP contribution in [0, 0.1) is 10.1 Å². The van der Waals surface area contributed by atoms with Crippen molar-refractivity contribution >= 4 is 11.9 Å². The van der Waals surface area contributed by atoms with Gasteiger partial charge < -0.3 is 14.9 Å². The van der Waals surface area contributed by atoms with Gasteiger partial charge in [0.2, 0.25) is 6.33 Å². The van der Waals surface area contributed by atoms with Gasteiger partial charge in [-0.15, -0.1) is 0 Å². The number of hydrogen-bond donors (Lipinski definition) is 0. The minimum atomic E-state index is -0.736. The van der Waals surface area contributed by atoms with Gasteiger partial charge in [0.25, 0.3) is 0 Å². The molecule has 0 aliphatic carbocycles. The fraction of sp³-hybridized carbons (Fsp3) is 0.500. The largest absolute Gasteiger partial charge is 0.490 e. The molecule has 8 heteroatoms. The van der Waals surface area contributed by atoms with Crippen molar-refractivity contribution < 1.29 is 14.5 Å². The molecule has 0 amide bonds. The molecular formula is C6H8N4O4. The smallest absolute Gasteiger partial charge is 0.467 e. The predicted molar refractivity (Wildman–Crippen MR) is 43.4 cm³/mol. The molecule has 0 unspecified atom stereocenters. The van der Waals surface area contributed by atoms with Gasteiger partial charge in [0.05, 0.1) is 7.11 Å².